The Labute approximate surface area is 127 Å². The predicted octanol–water partition coefficient (Wildman–Crippen LogP) is 4.65. The van der Waals surface area contributed by atoms with Crippen molar-refractivity contribution in [2.24, 2.45) is 11.8 Å². The standard InChI is InChI=1S/C17H25ClO2/c1-9-7-14(8-10(2)17(9)19-6)16(18)15-11(3)12(4)20-13(15)5/h7-8,11-13,15-16H,1-6H3. The maximum Gasteiger partial charge on any atom is 0.124 e. The lowest BCUT2D eigenvalue weighted by molar-refractivity contribution is 0.0508. The third kappa shape index (κ3) is 2.68. The van der Waals surface area contributed by atoms with E-state index in [1.54, 1.807) is 7.11 Å². The average Bonchev–Trinajstić information content (AvgIpc) is 2.62. The van der Waals surface area contributed by atoms with Crippen LogP contribution in [0.5, 0.6) is 5.75 Å². The monoisotopic (exact) mass is 296 g/mol. The van der Waals surface area contributed by atoms with Gasteiger partial charge in [0.1, 0.15) is 5.75 Å². The van der Waals surface area contributed by atoms with E-state index in [1.807, 2.05) is 0 Å². The highest BCUT2D eigenvalue weighted by Crippen LogP contribution is 2.44. The molecule has 2 rings (SSSR count). The van der Waals surface area contributed by atoms with Gasteiger partial charge in [0.15, 0.2) is 0 Å². The average molecular weight is 297 g/mol. The van der Waals surface area contributed by atoms with Gasteiger partial charge in [-0.2, -0.15) is 0 Å². The summed E-state index contributed by atoms with van der Waals surface area (Å²) in [4.78, 5) is 0. The van der Waals surface area contributed by atoms with Crippen LogP contribution >= 0.6 is 11.6 Å². The number of hydrogen-bond donors (Lipinski definition) is 0. The summed E-state index contributed by atoms with van der Waals surface area (Å²) >= 11 is 6.79. The Morgan fingerprint density at radius 2 is 1.65 bits per heavy atom. The van der Waals surface area contributed by atoms with E-state index in [0.29, 0.717) is 11.8 Å². The van der Waals surface area contributed by atoms with Gasteiger partial charge < -0.3 is 9.47 Å². The maximum absolute atomic E-state index is 6.79. The first-order valence-electron chi connectivity index (χ1n) is 7.31. The minimum atomic E-state index is -0.0201. The van der Waals surface area contributed by atoms with Crippen molar-refractivity contribution >= 4 is 11.6 Å². The number of hydrogen-bond acceptors (Lipinski definition) is 2. The second-order valence-corrected chi connectivity index (χ2v) is 6.54. The SMILES string of the molecule is COc1c(C)cc(C(Cl)C2C(C)OC(C)C2C)cc1C. The van der Waals surface area contributed by atoms with Gasteiger partial charge in [-0.05, 0) is 50.3 Å². The molecule has 20 heavy (non-hydrogen) atoms. The van der Waals surface area contributed by atoms with Gasteiger partial charge >= 0.3 is 0 Å². The molecule has 5 atom stereocenters. The Bertz CT molecular complexity index is 463. The first kappa shape index (κ1) is 15.7. The van der Waals surface area contributed by atoms with E-state index in [9.17, 15) is 0 Å². The van der Waals surface area contributed by atoms with Crippen molar-refractivity contribution < 1.29 is 9.47 Å². The fraction of sp³-hybridized carbons (Fsp3) is 0.647. The summed E-state index contributed by atoms with van der Waals surface area (Å²) in [6.45, 7) is 10.6. The molecule has 0 amide bonds. The van der Waals surface area contributed by atoms with E-state index in [0.717, 1.165) is 16.9 Å². The van der Waals surface area contributed by atoms with Crippen LogP contribution in [0.25, 0.3) is 0 Å². The minimum absolute atomic E-state index is 0.0201. The van der Waals surface area contributed by atoms with Gasteiger partial charge in [-0.15, -0.1) is 11.6 Å². The third-order valence-corrected chi connectivity index (χ3v) is 5.20. The molecule has 1 fully saturated rings. The van der Waals surface area contributed by atoms with Gasteiger partial charge in [-0.25, -0.2) is 0 Å². The summed E-state index contributed by atoms with van der Waals surface area (Å²) in [6, 6.07) is 4.29. The molecule has 3 heteroatoms. The maximum atomic E-state index is 6.79. The first-order chi connectivity index (χ1) is 9.36. The van der Waals surface area contributed by atoms with Crippen LogP contribution in [-0.2, 0) is 4.74 Å². The number of ether oxygens (including phenoxy) is 2. The van der Waals surface area contributed by atoms with Crippen molar-refractivity contribution in [3.63, 3.8) is 0 Å². The van der Waals surface area contributed by atoms with Crippen LogP contribution < -0.4 is 4.74 Å². The van der Waals surface area contributed by atoms with Crippen molar-refractivity contribution in [2.45, 2.75) is 52.2 Å². The first-order valence-corrected chi connectivity index (χ1v) is 7.75. The fourth-order valence-corrected chi connectivity index (χ4v) is 4.05. The van der Waals surface area contributed by atoms with E-state index < -0.39 is 0 Å². The number of alkyl halides is 1. The Balaban J connectivity index is 2.32. The predicted molar refractivity (Wildman–Crippen MR) is 83.7 cm³/mol. The summed E-state index contributed by atoms with van der Waals surface area (Å²) in [5, 5.41) is -0.0201. The van der Waals surface area contributed by atoms with Crippen LogP contribution in [0.2, 0.25) is 0 Å². The normalized spacial score (nSPS) is 31.4. The number of methoxy groups -OCH3 is 1. The van der Waals surface area contributed by atoms with Gasteiger partial charge in [0.25, 0.3) is 0 Å². The zero-order valence-electron chi connectivity index (χ0n) is 13.2. The number of aryl methyl sites for hydroxylation is 2. The molecule has 0 radical (unpaired) electrons. The van der Waals surface area contributed by atoms with Crippen LogP contribution in [0, 0.1) is 25.7 Å². The Morgan fingerprint density at radius 3 is 2.05 bits per heavy atom. The Kier molecular flexibility index (Phi) is 4.66. The molecule has 0 N–H and O–H groups in total. The summed E-state index contributed by atoms with van der Waals surface area (Å²) in [5.74, 6) is 1.77. The molecule has 2 nitrogen and oxygen atoms in total. The molecule has 1 aliphatic heterocycles. The van der Waals surface area contributed by atoms with Gasteiger partial charge in [0, 0.05) is 5.92 Å². The molecule has 5 unspecified atom stereocenters. The lowest BCUT2D eigenvalue weighted by atomic mass is 9.83. The van der Waals surface area contributed by atoms with Crippen LogP contribution in [0.3, 0.4) is 0 Å². The highest BCUT2D eigenvalue weighted by molar-refractivity contribution is 6.21. The molecule has 1 aromatic carbocycles. The molecule has 112 valence electrons. The quantitative estimate of drug-likeness (QED) is 0.756. The summed E-state index contributed by atoms with van der Waals surface area (Å²) in [5.41, 5.74) is 3.45. The molecule has 1 saturated heterocycles. The molecule has 0 aliphatic carbocycles. The number of halogens is 1. The largest absolute Gasteiger partial charge is 0.496 e. The fourth-order valence-electron chi connectivity index (χ4n) is 3.49. The number of benzene rings is 1. The van der Waals surface area contributed by atoms with Crippen LogP contribution in [0.1, 0.15) is 42.8 Å². The molecule has 0 aromatic heterocycles. The Hall–Kier alpha value is -0.730. The molecule has 0 bridgehead atoms. The molecular formula is C17H25ClO2. The van der Waals surface area contributed by atoms with Crippen molar-refractivity contribution in [3.8, 4) is 5.75 Å². The van der Waals surface area contributed by atoms with Crippen LogP contribution in [0.15, 0.2) is 12.1 Å². The highest BCUT2D eigenvalue weighted by Gasteiger charge is 2.41. The van der Waals surface area contributed by atoms with E-state index in [-0.39, 0.29) is 17.6 Å². The minimum Gasteiger partial charge on any atom is -0.496 e. The van der Waals surface area contributed by atoms with Crippen molar-refractivity contribution in [3.05, 3.63) is 28.8 Å². The van der Waals surface area contributed by atoms with Crippen LogP contribution in [-0.4, -0.2) is 19.3 Å². The van der Waals surface area contributed by atoms with Gasteiger partial charge in [-0.3, -0.25) is 0 Å². The summed E-state index contributed by atoms with van der Waals surface area (Å²) in [6.07, 6.45) is 0.474. The molecule has 0 saturated carbocycles. The zero-order valence-corrected chi connectivity index (χ0v) is 14.0. The second kappa shape index (κ2) is 5.95. The van der Waals surface area contributed by atoms with E-state index in [2.05, 4.69) is 46.8 Å². The molecule has 1 heterocycles. The topological polar surface area (TPSA) is 18.5 Å². The van der Waals surface area contributed by atoms with E-state index in [4.69, 9.17) is 21.1 Å². The second-order valence-electron chi connectivity index (χ2n) is 6.07. The van der Waals surface area contributed by atoms with Gasteiger partial charge in [-0.1, -0.05) is 19.1 Å². The lowest BCUT2D eigenvalue weighted by Gasteiger charge is -2.25. The highest BCUT2D eigenvalue weighted by atomic mass is 35.5. The van der Waals surface area contributed by atoms with Crippen molar-refractivity contribution in [1.29, 1.82) is 0 Å². The smallest absolute Gasteiger partial charge is 0.124 e. The Morgan fingerprint density at radius 1 is 1.10 bits per heavy atom. The molecule has 1 aliphatic rings. The van der Waals surface area contributed by atoms with Gasteiger partial charge in [0.2, 0.25) is 0 Å². The van der Waals surface area contributed by atoms with Crippen molar-refractivity contribution in [1.82, 2.24) is 0 Å². The molecular weight excluding hydrogens is 272 g/mol. The summed E-state index contributed by atoms with van der Waals surface area (Å²) in [7, 11) is 1.71. The third-order valence-electron chi connectivity index (χ3n) is 4.66. The van der Waals surface area contributed by atoms with E-state index in [1.165, 1.54) is 5.56 Å². The zero-order chi connectivity index (χ0) is 15.0. The lowest BCUT2D eigenvalue weighted by Crippen LogP contribution is -2.22. The van der Waals surface area contributed by atoms with Gasteiger partial charge in [0.05, 0.1) is 24.7 Å². The number of rotatable bonds is 3. The molecule has 1 aromatic rings. The molecule has 0 spiro atoms. The summed E-state index contributed by atoms with van der Waals surface area (Å²) < 4.78 is 11.4. The van der Waals surface area contributed by atoms with E-state index >= 15 is 0 Å². The van der Waals surface area contributed by atoms with Crippen molar-refractivity contribution in [2.75, 3.05) is 7.11 Å². The van der Waals surface area contributed by atoms with Crippen LogP contribution in [0.4, 0.5) is 0 Å².